The van der Waals surface area contributed by atoms with E-state index in [9.17, 15) is 4.79 Å². The fourth-order valence-corrected chi connectivity index (χ4v) is 1.29. The van der Waals surface area contributed by atoms with Gasteiger partial charge in [0.1, 0.15) is 5.69 Å². The third-order valence-electron chi connectivity index (χ3n) is 2.06. The van der Waals surface area contributed by atoms with Gasteiger partial charge in [0, 0.05) is 31.7 Å². The Morgan fingerprint density at radius 3 is 3.00 bits per heavy atom. The molecule has 0 saturated heterocycles. The minimum atomic E-state index is -0.318. The van der Waals surface area contributed by atoms with Crippen molar-refractivity contribution in [3.63, 3.8) is 0 Å². The Morgan fingerprint density at radius 1 is 1.41 bits per heavy atom. The van der Waals surface area contributed by atoms with Crippen molar-refractivity contribution in [2.45, 2.75) is 6.54 Å². The Morgan fingerprint density at radius 2 is 2.29 bits per heavy atom. The number of carbonyl (C=O) groups excluding carboxylic acids is 1. The second-order valence-electron chi connectivity index (χ2n) is 3.33. The molecule has 3 N–H and O–H groups in total. The van der Waals surface area contributed by atoms with Gasteiger partial charge in [-0.15, -0.1) is 0 Å². The molecule has 0 spiro atoms. The van der Waals surface area contributed by atoms with E-state index >= 15 is 0 Å². The van der Waals surface area contributed by atoms with Crippen molar-refractivity contribution in [1.82, 2.24) is 19.5 Å². The summed E-state index contributed by atoms with van der Waals surface area (Å²) in [6.45, 7) is 1.13. The zero-order valence-electron chi connectivity index (χ0n) is 9.08. The number of anilines is 1. The number of hydrogen-bond donors (Lipinski definition) is 2. The molecule has 2 heterocycles. The summed E-state index contributed by atoms with van der Waals surface area (Å²) in [4.78, 5) is 23.5. The molecule has 2 rings (SSSR count). The Balaban J connectivity index is 2.04. The molecule has 0 radical (unpaired) electrons. The molecule has 0 atom stereocenters. The predicted molar refractivity (Wildman–Crippen MR) is 61.3 cm³/mol. The summed E-state index contributed by atoms with van der Waals surface area (Å²) in [7, 11) is 0. The molecule has 7 nitrogen and oxygen atoms in total. The highest BCUT2D eigenvalue weighted by atomic mass is 16.2. The summed E-state index contributed by atoms with van der Waals surface area (Å²) in [6.07, 6.45) is 7.71. The molecule has 2 aromatic heterocycles. The minimum Gasteiger partial charge on any atom is -0.335 e. The topological polar surface area (TPSA) is 98.7 Å². The van der Waals surface area contributed by atoms with E-state index in [0.717, 1.165) is 0 Å². The highest BCUT2D eigenvalue weighted by Gasteiger charge is 2.09. The van der Waals surface area contributed by atoms with Crippen LogP contribution in [0.3, 0.4) is 0 Å². The van der Waals surface area contributed by atoms with E-state index in [4.69, 9.17) is 5.73 Å². The molecule has 0 unspecified atom stereocenters. The van der Waals surface area contributed by atoms with E-state index < -0.39 is 0 Å². The molecule has 2 aromatic rings. The number of nitrogens with one attached hydrogen (secondary N) is 1. The standard InChI is InChI=1S/C10H12N6O/c11-1-4-16-6-8(14-7-16)10(17)15-9-5-12-2-3-13-9/h2-3,5-7H,1,4,11H2,(H,13,15,17). The molecule has 17 heavy (non-hydrogen) atoms. The van der Waals surface area contributed by atoms with Gasteiger partial charge >= 0.3 is 0 Å². The molecular weight excluding hydrogens is 220 g/mol. The van der Waals surface area contributed by atoms with Gasteiger partial charge in [0.05, 0.1) is 12.5 Å². The smallest absolute Gasteiger partial charge is 0.277 e. The molecule has 0 aliphatic heterocycles. The summed E-state index contributed by atoms with van der Waals surface area (Å²) in [5.41, 5.74) is 5.73. The number of hydrogen-bond acceptors (Lipinski definition) is 5. The number of amides is 1. The molecule has 7 heteroatoms. The maximum Gasteiger partial charge on any atom is 0.277 e. The van der Waals surface area contributed by atoms with Crippen molar-refractivity contribution < 1.29 is 4.79 Å². The van der Waals surface area contributed by atoms with Gasteiger partial charge in [0.2, 0.25) is 0 Å². The van der Waals surface area contributed by atoms with Crippen LogP contribution in [-0.2, 0) is 6.54 Å². The number of imidazole rings is 1. The Hall–Kier alpha value is -2.28. The Labute approximate surface area is 97.7 Å². The van der Waals surface area contributed by atoms with Crippen molar-refractivity contribution in [3.05, 3.63) is 36.8 Å². The largest absolute Gasteiger partial charge is 0.335 e. The predicted octanol–water partition coefficient (Wildman–Crippen LogP) is -0.116. The quantitative estimate of drug-likeness (QED) is 0.766. The normalized spacial score (nSPS) is 10.2. The molecule has 1 amide bonds. The van der Waals surface area contributed by atoms with E-state index in [1.54, 1.807) is 17.1 Å². The van der Waals surface area contributed by atoms with Crippen molar-refractivity contribution in [2.24, 2.45) is 5.73 Å². The Bertz CT molecular complexity index is 495. The second-order valence-corrected chi connectivity index (χ2v) is 3.33. The van der Waals surface area contributed by atoms with Gasteiger partial charge in [0.25, 0.3) is 5.91 Å². The van der Waals surface area contributed by atoms with Crippen molar-refractivity contribution in [1.29, 1.82) is 0 Å². The molecule has 0 bridgehead atoms. The van der Waals surface area contributed by atoms with E-state index in [-0.39, 0.29) is 5.91 Å². The van der Waals surface area contributed by atoms with Crippen LogP contribution in [0.2, 0.25) is 0 Å². The van der Waals surface area contributed by atoms with Crippen LogP contribution < -0.4 is 11.1 Å². The van der Waals surface area contributed by atoms with Crippen LogP contribution in [0.5, 0.6) is 0 Å². The minimum absolute atomic E-state index is 0.318. The maximum atomic E-state index is 11.7. The van der Waals surface area contributed by atoms with Gasteiger partial charge in [-0.3, -0.25) is 9.78 Å². The monoisotopic (exact) mass is 232 g/mol. The molecule has 88 valence electrons. The number of aromatic nitrogens is 4. The van der Waals surface area contributed by atoms with Crippen molar-refractivity contribution in [3.8, 4) is 0 Å². The molecule has 0 saturated carbocycles. The van der Waals surface area contributed by atoms with E-state index in [2.05, 4.69) is 20.3 Å². The molecular formula is C10H12N6O. The van der Waals surface area contributed by atoms with Crippen LogP contribution in [0.15, 0.2) is 31.1 Å². The first-order valence-corrected chi connectivity index (χ1v) is 5.09. The lowest BCUT2D eigenvalue weighted by atomic mass is 10.4. The van der Waals surface area contributed by atoms with Crippen molar-refractivity contribution >= 4 is 11.7 Å². The molecule has 0 aromatic carbocycles. The maximum absolute atomic E-state index is 11.7. The number of nitrogens with zero attached hydrogens (tertiary/aromatic N) is 4. The first kappa shape index (κ1) is 11.2. The van der Waals surface area contributed by atoms with E-state index in [1.807, 2.05) is 0 Å². The summed E-state index contributed by atoms with van der Waals surface area (Å²) in [5.74, 6) is 0.0761. The Kier molecular flexibility index (Phi) is 3.41. The highest BCUT2D eigenvalue weighted by Crippen LogP contribution is 2.02. The van der Waals surface area contributed by atoms with E-state index in [1.165, 1.54) is 18.6 Å². The van der Waals surface area contributed by atoms with Crippen LogP contribution in [-0.4, -0.2) is 32.0 Å². The average molecular weight is 232 g/mol. The molecule has 0 aliphatic carbocycles. The molecule has 0 fully saturated rings. The summed E-state index contributed by atoms with van der Waals surface area (Å²) < 4.78 is 1.76. The van der Waals surface area contributed by atoms with E-state index in [0.29, 0.717) is 24.6 Å². The van der Waals surface area contributed by atoms with Gasteiger partial charge in [-0.2, -0.15) is 0 Å². The number of rotatable bonds is 4. The van der Waals surface area contributed by atoms with Gasteiger partial charge < -0.3 is 15.6 Å². The SMILES string of the molecule is NCCn1cnc(C(=O)Nc2cnccn2)c1. The lowest BCUT2D eigenvalue weighted by molar-refractivity contribution is 0.102. The van der Waals surface area contributed by atoms with Crippen LogP contribution in [0, 0.1) is 0 Å². The van der Waals surface area contributed by atoms with Crippen LogP contribution >= 0.6 is 0 Å². The zero-order chi connectivity index (χ0) is 12.1. The fourth-order valence-electron chi connectivity index (χ4n) is 1.29. The van der Waals surface area contributed by atoms with Gasteiger partial charge in [-0.25, -0.2) is 9.97 Å². The van der Waals surface area contributed by atoms with Gasteiger partial charge in [-0.05, 0) is 0 Å². The second kappa shape index (κ2) is 5.17. The van der Waals surface area contributed by atoms with Crippen LogP contribution in [0.25, 0.3) is 0 Å². The number of carbonyl (C=O) groups is 1. The highest BCUT2D eigenvalue weighted by molar-refractivity contribution is 6.02. The summed E-state index contributed by atoms with van der Waals surface area (Å²) in [6, 6.07) is 0. The third kappa shape index (κ3) is 2.85. The van der Waals surface area contributed by atoms with Crippen LogP contribution in [0.4, 0.5) is 5.82 Å². The fraction of sp³-hybridized carbons (Fsp3) is 0.200. The molecule has 0 aliphatic rings. The van der Waals surface area contributed by atoms with Gasteiger partial charge in [-0.1, -0.05) is 0 Å². The first-order valence-electron chi connectivity index (χ1n) is 5.09. The third-order valence-corrected chi connectivity index (χ3v) is 2.06. The summed E-state index contributed by atoms with van der Waals surface area (Å²) in [5, 5.41) is 2.59. The van der Waals surface area contributed by atoms with Gasteiger partial charge in [0.15, 0.2) is 5.82 Å². The lowest BCUT2D eigenvalue weighted by Gasteiger charge is -2.00. The van der Waals surface area contributed by atoms with Crippen LogP contribution in [0.1, 0.15) is 10.5 Å². The number of nitrogens with two attached hydrogens (primary N) is 1. The summed E-state index contributed by atoms with van der Waals surface area (Å²) >= 11 is 0. The average Bonchev–Trinajstić information content (AvgIpc) is 2.79. The lowest BCUT2D eigenvalue weighted by Crippen LogP contribution is -2.13. The van der Waals surface area contributed by atoms with Crippen molar-refractivity contribution in [2.75, 3.05) is 11.9 Å². The zero-order valence-corrected chi connectivity index (χ0v) is 9.08. The first-order chi connectivity index (χ1) is 8.29.